The molecule has 0 radical (unpaired) electrons. The molecule has 0 amide bonds. The van der Waals surface area contributed by atoms with Crippen molar-refractivity contribution in [1.82, 2.24) is 5.32 Å². The van der Waals surface area contributed by atoms with Crippen molar-refractivity contribution in [2.24, 2.45) is 0 Å². The summed E-state index contributed by atoms with van der Waals surface area (Å²) in [6, 6.07) is 8.25. The highest BCUT2D eigenvalue weighted by molar-refractivity contribution is 5.27. The van der Waals surface area contributed by atoms with Crippen LogP contribution in [0.4, 0.5) is 0 Å². The number of rotatable bonds is 10. The summed E-state index contributed by atoms with van der Waals surface area (Å²) in [7, 11) is 1.69. The molecular formula is C15H25NO2. The first-order valence-corrected chi connectivity index (χ1v) is 6.78. The Bertz CT molecular complexity index is 298. The Hall–Kier alpha value is -1.06. The molecule has 1 N–H and O–H groups in total. The predicted molar refractivity (Wildman–Crippen MR) is 75.3 cm³/mol. The lowest BCUT2D eigenvalue weighted by Crippen LogP contribution is -2.19. The molecule has 0 unspecified atom stereocenters. The Balaban J connectivity index is 2.00. The maximum absolute atomic E-state index is 5.42. The molecule has 102 valence electrons. The van der Waals surface area contributed by atoms with Crippen molar-refractivity contribution in [2.75, 3.05) is 33.4 Å². The first-order chi connectivity index (χ1) is 8.86. The van der Waals surface area contributed by atoms with E-state index in [1.54, 1.807) is 7.11 Å². The van der Waals surface area contributed by atoms with Gasteiger partial charge in [-0.05, 0) is 50.0 Å². The normalized spacial score (nSPS) is 10.6. The lowest BCUT2D eigenvalue weighted by atomic mass is 10.1. The van der Waals surface area contributed by atoms with Gasteiger partial charge in [-0.25, -0.2) is 0 Å². The van der Waals surface area contributed by atoms with Crippen LogP contribution in [0.25, 0.3) is 0 Å². The van der Waals surface area contributed by atoms with Crippen LogP contribution in [0.5, 0.6) is 5.75 Å². The molecule has 0 aliphatic heterocycles. The lowest BCUT2D eigenvalue weighted by Gasteiger charge is -2.06. The SMILES string of the molecule is CCCOCCCNCCc1ccc(OC)cc1. The lowest BCUT2D eigenvalue weighted by molar-refractivity contribution is 0.132. The van der Waals surface area contributed by atoms with Crippen molar-refractivity contribution in [1.29, 1.82) is 0 Å². The quantitative estimate of drug-likeness (QED) is 0.648. The molecule has 0 spiro atoms. The average molecular weight is 251 g/mol. The number of benzene rings is 1. The molecule has 0 saturated carbocycles. The summed E-state index contributed by atoms with van der Waals surface area (Å²) >= 11 is 0. The highest BCUT2D eigenvalue weighted by Crippen LogP contribution is 2.11. The van der Waals surface area contributed by atoms with Gasteiger partial charge in [-0.3, -0.25) is 0 Å². The summed E-state index contributed by atoms with van der Waals surface area (Å²) in [5.41, 5.74) is 1.34. The molecule has 0 aliphatic rings. The van der Waals surface area contributed by atoms with Crippen LogP contribution in [0.15, 0.2) is 24.3 Å². The molecular weight excluding hydrogens is 226 g/mol. The van der Waals surface area contributed by atoms with Crippen molar-refractivity contribution in [3.05, 3.63) is 29.8 Å². The van der Waals surface area contributed by atoms with Crippen LogP contribution >= 0.6 is 0 Å². The van der Waals surface area contributed by atoms with Crippen LogP contribution in [0, 0.1) is 0 Å². The average Bonchev–Trinajstić information content (AvgIpc) is 2.42. The molecule has 0 saturated heterocycles. The second kappa shape index (κ2) is 9.92. The maximum atomic E-state index is 5.42. The Kier molecular flexibility index (Phi) is 8.26. The molecule has 0 aromatic heterocycles. The minimum Gasteiger partial charge on any atom is -0.497 e. The summed E-state index contributed by atoms with van der Waals surface area (Å²) < 4.78 is 10.5. The number of hydrogen-bond acceptors (Lipinski definition) is 3. The summed E-state index contributed by atoms with van der Waals surface area (Å²) in [6.45, 7) is 5.92. The predicted octanol–water partition coefficient (Wildman–Crippen LogP) is 2.64. The molecule has 0 aliphatic carbocycles. The summed E-state index contributed by atoms with van der Waals surface area (Å²) in [5, 5.41) is 3.43. The van der Waals surface area contributed by atoms with Gasteiger partial charge in [0.05, 0.1) is 7.11 Å². The van der Waals surface area contributed by atoms with E-state index in [1.807, 2.05) is 12.1 Å². The highest BCUT2D eigenvalue weighted by atomic mass is 16.5. The zero-order valence-electron chi connectivity index (χ0n) is 11.6. The topological polar surface area (TPSA) is 30.5 Å². The molecule has 0 atom stereocenters. The van der Waals surface area contributed by atoms with E-state index < -0.39 is 0 Å². The Morgan fingerprint density at radius 3 is 2.50 bits per heavy atom. The van der Waals surface area contributed by atoms with Gasteiger partial charge >= 0.3 is 0 Å². The third-order valence-electron chi connectivity index (χ3n) is 2.74. The van der Waals surface area contributed by atoms with Gasteiger partial charge in [0.1, 0.15) is 5.75 Å². The van der Waals surface area contributed by atoms with Gasteiger partial charge in [0, 0.05) is 13.2 Å². The third kappa shape index (κ3) is 6.62. The van der Waals surface area contributed by atoms with Crippen LogP contribution in [0.2, 0.25) is 0 Å². The van der Waals surface area contributed by atoms with E-state index in [1.165, 1.54) is 5.56 Å². The van der Waals surface area contributed by atoms with Crippen molar-refractivity contribution in [2.45, 2.75) is 26.2 Å². The van der Waals surface area contributed by atoms with Gasteiger partial charge in [-0.2, -0.15) is 0 Å². The van der Waals surface area contributed by atoms with E-state index in [2.05, 4.69) is 24.4 Å². The minimum absolute atomic E-state index is 0.864. The zero-order valence-corrected chi connectivity index (χ0v) is 11.6. The molecule has 0 heterocycles. The highest BCUT2D eigenvalue weighted by Gasteiger charge is 1.94. The van der Waals surface area contributed by atoms with Crippen LogP contribution in [-0.4, -0.2) is 33.4 Å². The second-order valence-electron chi connectivity index (χ2n) is 4.31. The van der Waals surface area contributed by atoms with Crippen LogP contribution < -0.4 is 10.1 Å². The standard InChI is InChI=1S/C15H25NO2/c1-3-12-18-13-4-10-16-11-9-14-5-7-15(17-2)8-6-14/h5-8,16H,3-4,9-13H2,1-2H3. The first kappa shape index (κ1) is 15.0. The number of nitrogens with one attached hydrogen (secondary N) is 1. The van der Waals surface area contributed by atoms with Crippen LogP contribution in [0.1, 0.15) is 25.3 Å². The van der Waals surface area contributed by atoms with E-state index in [-0.39, 0.29) is 0 Å². The number of methoxy groups -OCH3 is 1. The van der Waals surface area contributed by atoms with E-state index in [0.717, 1.165) is 51.3 Å². The molecule has 1 aromatic rings. The fourth-order valence-electron chi connectivity index (χ4n) is 1.70. The maximum Gasteiger partial charge on any atom is 0.118 e. The molecule has 0 fully saturated rings. The van der Waals surface area contributed by atoms with Gasteiger partial charge in [0.25, 0.3) is 0 Å². The molecule has 18 heavy (non-hydrogen) atoms. The van der Waals surface area contributed by atoms with Crippen LogP contribution in [0.3, 0.4) is 0 Å². The van der Waals surface area contributed by atoms with E-state index in [0.29, 0.717) is 0 Å². The summed E-state index contributed by atoms with van der Waals surface area (Å²) in [5.74, 6) is 0.916. The molecule has 3 nitrogen and oxygen atoms in total. The van der Waals surface area contributed by atoms with Gasteiger partial charge in [0.15, 0.2) is 0 Å². The van der Waals surface area contributed by atoms with Crippen molar-refractivity contribution < 1.29 is 9.47 Å². The Morgan fingerprint density at radius 2 is 1.83 bits per heavy atom. The largest absolute Gasteiger partial charge is 0.497 e. The molecule has 1 rings (SSSR count). The van der Waals surface area contributed by atoms with E-state index in [9.17, 15) is 0 Å². The van der Waals surface area contributed by atoms with Crippen molar-refractivity contribution in [3.63, 3.8) is 0 Å². The Labute approximate surface area is 110 Å². The van der Waals surface area contributed by atoms with Gasteiger partial charge in [-0.15, -0.1) is 0 Å². The number of ether oxygens (including phenoxy) is 2. The molecule has 0 bridgehead atoms. The van der Waals surface area contributed by atoms with Crippen molar-refractivity contribution in [3.8, 4) is 5.75 Å². The van der Waals surface area contributed by atoms with E-state index >= 15 is 0 Å². The molecule has 1 aromatic carbocycles. The first-order valence-electron chi connectivity index (χ1n) is 6.78. The third-order valence-corrected chi connectivity index (χ3v) is 2.74. The zero-order chi connectivity index (χ0) is 13.1. The summed E-state index contributed by atoms with van der Waals surface area (Å²) in [6.07, 6.45) is 3.24. The van der Waals surface area contributed by atoms with Gasteiger partial charge in [0.2, 0.25) is 0 Å². The van der Waals surface area contributed by atoms with Crippen LogP contribution in [-0.2, 0) is 11.2 Å². The minimum atomic E-state index is 0.864. The summed E-state index contributed by atoms with van der Waals surface area (Å²) in [4.78, 5) is 0. The number of hydrogen-bond donors (Lipinski definition) is 1. The van der Waals surface area contributed by atoms with Crippen molar-refractivity contribution >= 4 is 0 Å². The Morgan fingerprint density at radius 1 is 1.06 bits per heavy atom. The smallest absolute Gasteiger partial charge is 0.118 e. The fraction of sp³-hybridized carbons (Fsp3) is 0.600. The monoisotopic (exact) mass is 251 g/mol. The van der Waals surface area contributed by atoms with E-state index in [4.69, 9.17) is 9.47 Å². The second-order valence-corrected chi connectivity index (χ2v) is 4.31. The molecule has 3 heteroatoms. The van der Waals surface area contributed by atoms with Gasteiger partial charge < -0.3 is 14.8 Å². The fourth-order valence-corrected chi connectivity index (χ4v) is 1.70. The van der Waals surface area contributed by atoms with Gasteiger partial charge in [-0.1, -0.05) is 19.1 Å².